The van der Waals surface area contributed by atoms with Gasteiger partial charge in [-0.2, -0.15) is 0 Å². The highest BCUT2D eigenvalue weighted by molar-refractivity contribution is 6.68. The lowest BCUT2D eigenvalue weighted by Crippen LogP contribution is -2.16. The molecule has 0 heterocycles. The molecule has 0 fully saturated rings. The van der Waals surface area contributed by atoms with E-state index in [1.54, 1.807) is 0 Å². The highest BCUT2D eigenvalue weighted by Crippen LogP contribution is 2.31. The Kier molecular flexibility index (Phi) is 7.11. The maximum absolute atomic E-state index is 10.00. The minimum absolute atomic E-state index is 0.619. The molecule has 0 saturated heterocycles. The standard InChI is InChI=1S/C20H25BO2/c1-2-3-4-11-16-19(17-12-7-5-8-13-17)20(21(22)23)18-14-9-6-10-15-18/h5-10,12-15,22-23H,2-4,11,16H2,1H3. The van der Waals surface area contributed by atoms with Gasteiger partial charge in [0.25, 0.3) is 0 Å². The van der Waals surface area contributed by atoms with Crippen molar-refractivity contribution in [2.24, 2.45) is 0 Å². The summed E-state index contributed by atoms with van der Waals surface area (Å²) >= 11 is 0. The van der Waals surface area contributed by atoms with E-state index in [-0.39, 0.29) is 0 Å². The van der Waals surface area contributed by atoms with Crippen molar-refractivity contribution in [3.8, 4) is 0 Å². The van der Waals surface area contributed by atoms with E-state index in [2.05, 4.69) is 6.92 Å². The van der Waals surface area contributed by atoms with Crippen molar-refractivity contribution in [1.29, 1.82) is 0 Å². The second-order valence-electron chi connectivity index (χ2n) is 5.81. The molecule has 0 aliphatic rings. The van der Waals surface area contributed by atoms with Crippen molar-refractivity contribution in [2.75, 3.05) is 0 Å². The maximum Gasteiger partial charge on any atom is 0.489 e. The van der Waals surface area contributed by atoms with E-state index < -0.39 is 7.12 Å². The van der Waals surface area contributed by atoms with Crippen molar-refractivity contribution in [3.63, 3.8) is 0 Å². The summed E-state index contributed by atoms with van der Waals surface area (Å²) in [5.41, 5.74) is 3.59. The molecule has 0 unspecified atom stereocenters. The van der Waals surface area contributed by atoms with Gasteiger partial charge in [-0.25, -0.2) is 0 Å². The molecule has 0 bridgehead atoms. The third-order valence-corrected chi connectivity index (χ3v) is 4.07. The van der Waals surface area contributed by atoms with E-state index in [1.165, 1.54) is 12.8 Å². The molecule has 0 aliphatic heterocycles. The van der Waals surface area contributed by atoms with Gasteiger partial charge in [0.2, 0.25) is 0 Å². The molecule has 0 amide bonds. The van der Waals surface area contributed by atoms with Crippen molar-refractivity contribution in [1.82, 2.24) is 0 Å². The summed E-state index contributed by atoms with van der Waals surface area (Å²) in [5, 5.41) is 20.0. The van der Waals surface area contributed by atoms with Crippen LogP contribution in [0.3, 0.4) is 0 Å². The molecule has 120 valence electrons. The van der Waals surface area contributed by atoms with Gasteiger partial charge in [0.15, 0.2) is 0 Å². The maximum atomic E-state index is 10.00. The van der Waals surface area contributed by atoms with Gasteiger partial charge in [0.05, 0.1) is 0 Å². The minimum Gasteiger partial charge on any atom is -0.423 e. The largest absolute Gasteiger partial charge is 0.489 e. The lowest BCUT2D eigenvalue weighted by molar-refractivity contribution is 0.427. The quantitative estimate of drug-likeness (QED) is 0.426. The molecule has 0 aromatic heterocycles. The van der Waals surface area contributed by atoms with Crippen molar-refractivity contribution >= 4 is 18.2 Å². The second-order valence-corrected chi connectivity index (χ2v) is 5.81. The van der Waals surface area contributed by atoms with E-state index >= 15 is 0 Å². The normalized spacial score (nSPS) is 12.0. The molecule has 2 aromatic rings. The third-order valence-electron chi connectivity index (χ3n) is 4.07. The zero-order chi connectivity index (χ0) is 16.5. The number of allylic oxidation sites excluding steroid dienone is 1. The molecule has 0 aliphatic carbocycles. The van der Waals surface area contributed by atoms with Gasteiger partial charge in [-0.1, -0.05) is 86.8 Å². The van der Waals surface area contributed by atoms with Crippen molar-refractivity contribution in [2.45, 2.75) is 39.0 Å². The molecule has 2 aromatic carbocycles. The molecular formula is C20H25BO2. The van der Waals surface area contributed by atoms with Crippen LogP contribution in [0.4, 0.5) is 0 Å². The summed E-state index contributed by atoms with van der Waals surface area (Å²) < 4.78 is 0. The molecule has 23 heavy (non-hydrogen) atoms. The van der Waals surface area contributed by atoms with Gasteiger partial charge in [0, 0.05) is 0 Å². The van der Waals surface area contributed by atoms with Crippen molar-refractivity contribution in [3.05, 3.63) is 71.8 Å². The summed E-state index contributed by atoms with van der Waals surface area (Å²) in [6.45, 7) is 2.20. The van der Waals surface area contributed by atoms with Crippen LogP contribution in [-0.4, -0.2) is 17.2 Å². The van der Waals surface area contributed by atoms with E-state index in [4.69, 9.17) is 0 Å². The monoisotopic (exact) mass is 308 g/mol. The average Bonchev–Trinajstić information content (AvgIpc) is 2.59. The zero-order valence-electron chi connectivity index (χ0n) is 13.8. The minimum atomic E-state index is -1.47. The van der Waals surface area contributed by atoms with E-state index in [0.717, 1.165) is 36.0 Å². The first-order valence-corrected chi connectivity index (χ1v) is 8.44. The lowest BCUT2D eigenvalue weighted by atomic mass is 9.70. The Morgan fingerprint density at radius 1 is 0.783 bits per heavy atom. The molecular weight excluding hydrogens is 283 g/mol. The summed E-state index contributed by atoms with van der Waals surface area (Å²) in [6.07, 6.45) is 5.48. The number of rotatable bonds is 8. The number of unbranched alkanes of at least 4 members (excludes halogenated alkanes) is 3. The number of hydrogen-bond acceptors (Lipinski definition) is 2. The van der Waals surface area contributed by atoms with Crippen LogP contribution in [0, 0.1) is 0 Å². The second kappa shape index (κ2) is 9.34. The Morgan fingerprint density at radius 3 is 1.87 bits per heavy atom. The van der Waals surface area contributed by atoms with E-state index in [9.17, 15) is 10.0 Å². The first-order valence-electron chi connectivity index (χ1n) is 8.44. The Bertz CT molecular complexity index is 606. The van der Waals surface area contributed by atoms with Crippen LogP contribution in [0.1, 0.15) is 50.2 Å². The van der Waals surface area contributed by atoms with Gasteiger partial charge in [-0.3, -0.25) is 0 Å². The molecule has 2 rings (SSSR count). The van der Waals surface area contributed by atoms with Crippen LogP contribution in [0.25, 0.3) is 11.0 Å². The molecule has 2 nitrogen and oxygen atoms in total. The predicted octanol–water partition coefficient (Wildman–Crippen LogP) is 4.58. The van der Waals surface area contributed by atoms with Crippen LogP contribution < -0.4 is 0 Å². The number of benzene rings is 2. The smallest absolute Gasteiger partial charge is 0.423 e. The van der Waals surface area contributed by atoms with Crippen LogP contribution in [0.2, 0.25) is 0 Å². The summed E-state index contributed by atoms with van der Waals surface area (Å²) in [5.74, 6) is 0. The number of hydrogen-bond donors (Lipinski definition) is 2. The summed E-state index contributed by atoms with van der Waals surface area (Å²) in [6, 6.07) is 19.7. The van der Waals surface area contributed by atoms with Crippen LogP contribution in [0.5, 0.6) is 0 Å². The lowest BCUT2D eigenvalue weighted by Gasteiger charge is -2.16. The van der Waals surface area contributed by atoms with E-state index in [1.807, 2.05) is 60.7 Å². The fourth-order valence-corrected chi connectivity index (χ4v) is 2.90. The van der Waals surface area contributed by atoms with Gasteiger partial charge >= 0.3 is 7.12 Å². The fourth-order valence-electron chi connectivity index (χ4n) is 2.90. The molecule has 2 N–H and O–H groups in total. The topological polar surface area (TPSA) is 40.5 Å². The van der Waals surface area contributed by atoms with Crippen LogP contribution in [-0.2, 0) is 0 Å². The Morgan fingerprint density at radius 2 is 1.35 bits per heavy atom. The Labute approximate surface area is 139 Å². The van der Waals surface area contributed by atoms with E-state index in [0.29, 0.717) is 5.47 Å². The average molecular weight is 308 g/mol. The molecule has 0 atom stereocenters. The van der Waals surface area contributed by atoms with Gasteiger partial charge in [0.1, 0.15) is 0 Å². The summed E-state index contributed by atoms with van der Waals surface area (Å²) in [7, 11) is -1.47. The first kappa shape index (κ1) is 17.5. The highest BCUT2D eigenvalue weighted by Gasteiger charge is 2.22. The Hall–Kier alpha value is -1.84. The Balaban J connectivity index is 2.42. The molecule has 3 heteroatoms. The zero-order valence-corrected chi connectivity index (χ0v) is 13.8. The van der Waals surface area contributed by atoms with Crippen molar-refractivity contribution < 1.29 is 10.0 Å². The van der Waals surface area contributed by atoms with Crippen LogP contribution in [0.15, 0.2) is 60.7 Å². The predicted molar refractivity (Wildman–Crippen MR) is 98.6 cm³/mol. The summed E-state index contributed by atoms with van der Waals surface area (Å²) in [4.78, 5) is 0. The van der Waals surface area contributed by atoms with Gasteiger partial charge in [-0.05, 0) is 35.0 Å². The molecule has 0 radical (unpaired) electrons. The SMILES string of the molecule is CCCCCCC(=C(B(O)O)c1ccccc1)c1ccccc1. The molecule has 0 saturated carbocycles. The highest BCUT2D eigenvalue weighted by atomic mass is 16.4. The molecule has 0 spiro atoms. The third kappa shape index (κ3) is 5.09. The first-order chi connectivity index (χ1) is 11.2. The van der Waals surface area contributed by atoms with Crippen LogP contribution >= 0.6 is 0 Å². The van der Waals surface area contributed by atoms with Gasteiger partial charge in [-0.15, -0.1) is 0 Å². The fraction of sp³-hybridized carbons (Fsp3) is 0.300. The van der Waals surface area contributed by atoms with Gasteiger partial charge < -0.3 is 10.0 Å².